The van der Waals surface area contributed by atoms with Gasteiger partial charge in [0.05, 0.1) is 16.7 Å². The molecule has 31 heavy (non-hydrogen) atoms. The summed E-state index contributed by atoms with van der Waals surface area (Å²) in [6.45, 7) is 4.44. The number of aromatic nitrogens is 3. The van der Waals surface area contributed by atoms with E-state index in [1.807, 2.05) is 6.20 Å². The van der Waals surface area contributed by atoms with Crippen LogP contribution in [-0.2, 0) is 12.8 Å². The van der Waals surface area contributed by atoms with Crippen molar-refractivity contribution in [3.05, 3.63) is 90.3 Å². The van der Waals surface area contributed by atoms with Crippen LogP contribution in [0.3, 0.4) is 0 Å². The van der Waals surface area contributed by atoms with Gasteiger partial charge in [-0.05, 0) is 24.0 Å². The van der Waals surface area contributed by atoms with Gasteiger partial charge in [-0.15, -0.1) is 0 Å². The van der Waals surface area contributed by atoms with Crippen molar-refractivity contribution in [2.45, 2.75) is 26.7 Å². The molecule has 3 nitrogen and oxygen atoms in total. The molecule has 0 unspecified atom stereocenters. The maximum absolute atomic E-state index is 5.22. The zero-order valence-corrected chi connectivity index (χ0v) is 17.8. The van der Waals surface area contributed by atoms with Gasteiger partial charge in [0.2, 0.25) is 0 Å². The second kappa shape index (κ2) is 6.92. The van der Waals surface area contributed by atoms with Crippen molar-refractivity contribution in [2.24, 2.45) is 0 Å². The van der Waals surface area contributed by atoms with Crippen LogP contribution in [0.1, 0.15) is 25.0 Å². The van der Waals surface area contributed by atoms with Crippen LogP contribution < -0.4 is 0 Å². The molecule has 0 aliphatic heterocycles. The van der Waals surface area contributed by atoms with E-state index < -0.39 is 0 Å². The molecule has 0 N–H and O–H groups in total. The number of fused-ring (bicyclic) bond motifs is 8. The van der Waals surface area contributed by atoms with Crippen molar-refractivity contribution in [2.75, 3.05) is 0 Å². The van der Waals surface area contributed by atoms with Gasteiger partial charge in [0, 0.05) is 39.5 Å². The van der Waals surface area contributed by atoms with Crippen molar-refractivity contribution < 1.29 is 0 Å². The van der Waals surface area contributed by atoms with Gasteiger partial charge in [0.1, 0.15) is 5.65 Å². The van der Waals surface area contributed by atoms with E-state index in [1.165, 1.54) is 22.1 Å². The first-order chi connectivity index (χ1) is 15.3. The molecule has 0 fully saturated rings. The summed E-state index contributed by atoms with van der Waals surface area (Å²) in [4.78, 5) is 10.1. The van der Waals surface area contributed by atoms with Crippen LogP contribution in [0.15, 0.2) is 79.1 Å². The van der Waals surface area contributed by atoms with E-state index in [4.69, 9.17) is 9.97 Å². The molecule has 3 aromatic carbocycles. The molecule has 3 heteroatoms. The van der Waals surface area contributed by atoms with Gasteiger partial charge in [-0.2, -0.15) is 0 Å². The van der Waals surface area contributed by atoms with Crippen LogP contribution in [-0.4, -0.2) is 14.4 Å². The van der Waals surface area contributed by atoms with Crippen LogP contribution >= 0.6 is 0 Å². The second-order valence-corrected chi connectivity index (χ2v) is 8.07. The highest BCUT2D eigenvalue weighted by Crippen LogP contribution is 2.35. The molecular formula is C28H23N3. The van der Waals surface area contributed by atoms with Gasteiger partial charge in [-0.25, -0.2) is 4.98 Å². The molecule has 6 aromatic rings. The summed E-state index contributed by atoms with van der Waals surface area (Å²) in [6.07, 6.45) is 6.17. The van der Waals surface area contributed by atoms with Crippen LogP contribution in [0.2, 0.25) is 0 Å². The summed E-state index contributed by atoms with van der Waals surface area (Å²) in [5, 5.41) is 4.63. The Morgan fingerprint density at radius 1 is 0.742 bits per heavy atom. The molecule has 0 amide bonds. The van der Waals surface area contributed by atoms with Gasteiger partial charge >= 0.3 is 0 Å². The highest BCUT2D eigenvalue weighted by molar-refractivity contribution is 6.17. The maximum atomic E-state index is 5.22. The molecule has 0 atom stereocenters. The molecule has 0 aliphatic rings. The zero-order valence-electron chi connectivity index (χ0n) is 17.8. The van der Waals surface area contributed by atoms with Crippen molar-refractivity contribution in [3.8, 4) is 11.3 Å². The first-order valence-corrected chi connectivity index (χ1v) is 11.0. The predicted octanol–water partition coefficient (Wildman–Crippen LogP) is 6.98. The number of aryl methyl sites for hydroxylation is 2. The minimum absolute atomic E-state index is 0.989. The fourth-order valence-electron chi connectivity index (χ4n) is 4.91. The van der Waals surface area contributed by atoms with Crippen LogP contribution in [0, 0.1) is 0 Å². The third-order valence-electron chi connectivity index (χ3n) is 6.40. The van der Waals surface area contributed by atoms with E-state index in [0.29, 0.717) is 0 Å². The van der Waals surface area contributed by atoms with Gasteiger partial charge in [-0.3, -0.25) is 9.38 Å². The van der Waals surface area contributed by atoms with Crippen LogP contribution in [0.4, 0.5) is 0 Å². The van der Waals surface area contributed by atoms with E-state index in [2.05, 4.69) is 91.2 Å². The normalized spacial score (nSPS) is 11.8. The van der Waals surface area contributed by atoms with Crippen molar-refractivity contribution >= 4 is 38.2 Å². The standard InChI is InChI=1S/C28H23N3/c1-3-18-11-9-12-19(4-2)25(18)24-17-31-27-21-13-6-5-10-20(21)16-29-26(27)22-14-7-8-15-23(22)28(31)30-24/h5-17H,3-4H2,1-2H3. The Balaban J connectivity index is 1.83. The van der Waals surface area contributed by atoms with E-state index in [9.17, 15) is 0 Å². The predicted molar refractivity (Wildman–Crippen MR) is 130 cm³/mol. The Bertz CT molecular complexity index is 1580. The first kappa shape index (κ1) is 18.1. The average molecular weight is 402 g/mol. The highest BCUT2D eigenvalue weighted by atomic mass is 15.0. The minimum atomic E-state index is 0.989. The molecule has 0 saturated carbocycles. The van der Waals surface area contributed by atoms with E-state index in [1.54, 1.807) is 0 Å². The number of hydrogen-bond donors (Lipinski definition) is 0. The van der Waals surface area contributed by atoms with Crippen molar-refractivity contribution in [3.63, 3.8) is 0 Å². The maximum Gasteiger partial charge on any atom is 0.146 e. The molecule has 3 aromatic heterocycles. The topological polar surface area (TPSA) is 30.2 Å². The molecule has 150 valence electrons. The van der Waals surface area contributed by atoms with E-state index in [0.717, 1.165) is 51.4 Å². The number of hydrogen-bond acceptors (Lipinski definition) is 2. The summed E-state index contributed by atoms with van der Waals surface area (Å²) in [7, 11) is 0. The monoisotopic (exact) mass is 401 g/mol. The number of benzene rings is 3. The third-order valence-corrected chi connectivity index (χ3v) is 6.40. The van der Waals surface area contributed by atoms with E-state index in [-0.39, 0.29) is 0 Å². The fraction of sp³-hybridized carbons (Fsp3) is 0.143. The lowest BCUT2D eigenvalue weighted by atomic mass is 9.95. The Kier molecular flexibility index (Phi) is 4.03. The van der Waals surface area contributed by atoms with Gasteiger partial charge in [0.25, 0.3) is 0 Å². The Morgan fingerprint density at radius 3 is 2.16 bits per heavy atom. The molecule has 3 heterocycles. The summed E-state index contributed by atoms with van der Waals surface area (Å²) in [6, 6.07) is 23.6. The smallest absolute Gasteiger partial charge is 0.146 e. The summed E-state index contributed by atoms with van der Waals surface area (Å²) < 4.78 is 2.26. The fourth-order valence-corrected chi connectivity index (χ4v) is 4.91. The lowest BCUT2D eigenvalue weighted by Crippen LogP contribution is -1.94. The zero-order chi connectivity index (χ0) is 20.9. The molecule has 0 spiro atoms. The van der Waals surface area contributed by atoms with Crippen LogP contribution in [0.25, 0.3) is 49.5 Å². The lowest BCUT2D eigenvalue weighted by molar-refractivity contribution is 1.09. The number of rotatable bonds is 3. The van der Waals surface area contributed by atoms with Gasteiger partial charge in [0.15, 0.2) is 0 Å². The number of imidazole rings is 1. The Labute approximate surface area is 181 Å². The highest BCUT2D eigenvalue weighted by Gasteiger charge is 2.18. The molecular weight excluding hydrogens is 378 g/mol. The second-order valence-electron chi connectivity index (χ2n) is 8.07. The van der Waals surface area contributed by atoms with Crippen molar-refractivity contribution in [1.29, 1.82) is 0 Å². The number of nitrogens with zero attached hydrogens (tertiary/aromatic N) is 3. The largest absolute Gasteiger partial charge is 0.296 e. The van der Waals surface area contributed by atoms with Gasteiger partial charge in [-0.1, -0.05) is 80.6 Å². The molecule has 6 rings (SSSR count). The first-order valence-electron chi connectivity index (χ1n) is 11.0. The summed E-state index contributed by atoms with van der Waals surface area (Å²) >= 11 is 0. The SMILES string of the molecule is CCc1cccc(CC)c1-c1cn2c(n1)c1ccccc1c1ncc3ccccc3c12. The van der Waals surface area contributed by atoms with Crippen LogP contribution in [0.5, 0.6) is 0 Å². The molecule has 0 radical (unpaired) electrons. The minimum Gasteiger partial charge on any atom is -0.296 e. The summed E-state index contributed by atoms with van der Waals surface area (Å²) in [5.41, 5.74) is 8.15. The average Bonchev–Trinajstić information content (AvgIpc) is 3.28. The molecule has 0 saturated heterocycles. The Morgan fingerprint density at radius 2 is 1.42 bits per heavy atom. The number of pyridine rings is 2. The molecule has 0 aliphatic carbocycles. The lowest BCUT2D eigenvalue weighted by Gasteiger charge is -2.10. The summed E-state index contributed by atoms with van der Waals surface area (Å²) in [5.74, 6) is 0. The van der Waals surface area contributed by atoms with Gasteiger partial charge < -0.3 is 0 Å². The van der Waals surface area contributed by atoms with Crippen molar-refractivity contribution in [1.82, 2.24) is 14.4 Å². The molecule has 0 bridgehead atoms. The quantitative estimate of drug-likeness (QED) is 0.299. The Hall–Kier alpha value is -3.72. The van der Waals surface area contributed by atoms with E-state index >= 15 is 0 Å². The third kappa shape index (κ3) is 2.59.